The van der Waals surface area contributed by atoms with E-state index in [0.29, 0.717) is 11.8 Å². The van der Waals surface area contributed by atoms with Crippen molar-refractivity contribution < 1.29 is 14.2 Å². The highest BCUT2D eigenvalue weighted by Gasteiger charge is 2.13. The van der Waals surface area contributed by atoms with Crippen LogP contribution in [0.2, 0.25) is 0 Å². The number of rotatable bonds is 10. The van der Waals surface area contributed by atoms with Gasteiger partial charge in [0.05, 0.1) is 20.3 Å². The molecule has 3 nitrogen and oxygen atoms in total. The van der Waals surface area contributed by atoms with Crippen LogP contribution in [0.5, 0.6) is 5.75 Å². The average molecular weight is 294 g/mol. The van der Waals surface area contributed by atoms with Crippen LogP contribution in [0.4, 0.5) is 0 Å². The third-order valence-corrected chi connectivity index (χ3v) is 3.32. The quantitative estimate of drug-likeness (QED) is 0.579. The van der Waals surface area contributed by atoms with Gasteiger partial charge in [-0.25, -0.2) is 0 Å². The molecule has 1 aromatic carbocycles. The highest BCUT2D eigenvalue weighted by Crippen LogP contribution is 2.23. The molecule has 0 aliphatic heterocycles. The SMILES string of the molecule is COc1ccc(C(OCCC(C)C)OCCC(C)C)cc1. The molecule has 0 unspecified atom stereocenters. The summed E-state index contributed by atoms with van der Waals surface area (Å²) in [7, 11) is 1.67. The Balaban J connectivity index is 2.59. The average Bonchev–Trinajstić information content (AvgIpc) is 2.45. The van der Waals surface area contributed by atoms with Crippen molar-refractivity contribution in [3.63, 3.8) is 0 Å². The van der Waals surface area contributed by atoms with E-state index in [9.17, 15) is 0 Å². The van der Waals surface area contributed by atoms with Gasteiger partial charge in [0.15, 0.2) is 6.29 Å². The highest BCUT2D eigenvalue weighted by atomic mass is 16.7. The summed E-state index contributed by atoms with van der Waals surface area (Å²) < 4.78 is 17.1. The summed E-state index contributed by atoms with van der Waals surface area (Å²) in [6.07, 6.45) is 1.80. The third-order valence-electron chi connectivity index (χ3n) is 3.32. The van der Waals surface area contributed by atoms with Crippen LogP contribution >= 0.6 is 0 Å². The summed E-state index contributed by atoms with van der Waals surface area (Å²) in [4.78, 5) is 0. The summed E-state index contributed by atoms with van der Waals surface area (Å²) in [5.74, 6) is 2.12. The second-order valence-corrected chi connectivity index (χ2v) is 6.21. The van der Waals surface area contributed by atoms with E-state index in [-0.39, 0.29) is 6.29 Å². The van der Waals surface area contributed by atoms with Crippen molar-refractivity contribution in [3.05, 3.63) is 29.8 Å². The lowest BCUT2D eigenvalue weighted by atomic mass is 10.1. The highest BCUT2D eigenvalue weighted by molar-refractivity contribution is 5.27. The zero-order chi connectivity index (χ0) is 15.7. The van der Waals surface area contributed by atoms with Crippen molar-refractivity contribution in [2.24, 2.45) is 11.8 Å². The van der Waals surface area contributed by atoms with Crippen molar-refractivity contribution in [1.82, 2.24) is 0 Å². The Morgan fingerprint density at radius 2 is 1.29 bits per heavy atom. The molecule has 120 valence electrons. The standard InChI is InChI=1S/C18H30O3/c1-14(2)10-12-20-18(21-13-11-15(3)4)16-6-8-17(19-5)9-7-16/h6-9,14-15,18H,10-13H2,1-5H3. The van der Waals surface area contributed by atoms with Gasteiger partial charge < -0.3 is 14.2 Å². The fourth-order valence-electron chi connectivity index (χ4n) is 1.82. The molecular formula is C18H30O3. The fraction of sp³-hybridized carbons (Fsp3) is 0.667. The Kier molecular flexibility index (Phi) is 8.40. The maximum Gasteiger partial charge on any atom is 0.183 e. The Morgan fingerprint density at radius 1 is 0.810 bits per heavy atom. The van der Waals surface area contributed by atoms with E-state index in [2.05, 4.69) is 27.7 Å². The van der Waals surface area contributed by atoms with Crippen LogP contribution in [0.1, 0.15) is 52.4 Å². The summed E-state index contributed by atoms with van der Waals surface area (Å²) in [5, 5.41) is 0. The predicted octanol–water partition coefficient (Wildman–Crippen LogP) is 4.82. The number of hydrogen-bond donors (Lipinski definition) is 0. The molecule has 0 bridgehead atoms. The second kappa shape index (κ2) is 9.80. The Labute approximate surface area is 129 Å². The Hall–Kier alpha value is -1.06. The molecule has 1 aromatic rings. The van der Waals surface area contributed by atoms with Gasteiger partial charge >= 0.3 is 0 Å². The van der Waals surface area contributed by atoms with Crippen molar-refractivity contribution in [2.75, 3.05) is 20.3 Å². The van der Waals surface area contributed by atoms with Crippen LogP contribution in [0.3, 0.4) is 0 Å². The molecule has 0 fully saturated rings. The molecule has 0 spiro atoms. The van der Waals surface area contributed by atoms with Crippen molar-refractivity contribution in [3.8, 4) is 5.75 Å². The fourth-order valence-corrected chi connectivity index (χ4v) is 1.82. The summed E-state index contributed by atoms with van der Waals surface area (Å²) in [6, 6.07) is 7.91. The van der Waals surface area contributed by atoms with E-state index in [1.54, 1.807) is 7.11 Å². The smallest absolute Gasteiger partial charge is 0.183 e. The maximum atomic E-state index is 5.93. The number of benzene rings is 1. The first-order valence-corrected chi connectivity index (χ1v) is 7.90. The lowest BCUT2D eigenvalue weighted by Crippen LogP contribution is -2.12. The van der Waals surface area contributed by atoms with E-state index in [0.717, 1.165) is 37.4 Å². The molecule has 21 heavy (non-hydrogen) atoms. The van der Waals surface area contributed by atoms with E-state index in [1.807, 2.05) is 24.3 Å². The Bertz CT molecular complexity index is 357. The predicted molar refractivity (Wildman–Crippen MR) is 86.5 cm³/mol. The van der Waals surface area contributed by atoms with E-state index < -0.39 is 0 Å². The van der Waals surface area contributed by atoms with Crippen LogP contribution in [-0.4, -0.2) is 20.3 Å². The molecule has 0 radical (unpaired) electrons. The van der Waals surface area contributed by atoms with Gasteiger partial charge in [-0.3, -0.25) is 0 Å². The molecule has 0 saturated carbocycles. The van der Waals surface area contributed by atoms with Gasteiger partial charge in [-0.1, -0.05) is 39.8 Å². The largest absolute Gasteiger partial charge is 0.497 e. The number of ether oxygens (including phenoxy) is 3. The van der Waals surface area contributed by atoms with Gasteiger partial charge in [0.25, 0.3) is 0 Å². The lowest BCUT2D eigenvalue weighted by Gasteiger charge is -2.20. The molecule has 0 saturated heterocycles. The van der Waals surface area contributed by atoms with E-state index >= 15 is 0 Å². The van der Waals surface area contributed by atoms with Crippen LogP contribution < -0.4 is 4.74 Å². The van der Waals surface area contributed by atoms with Gasteiger partial charge in [-0.2, -0.15) is 0 Å². The maximum absolute atomic E-state index is 5.93. The first-order valence-electron chi connectivity index (χ1n) is 7.90. The molecule has 0 aliphatic rings. The van der Waals surface area contributed by atoms with Gasteiger partial charge in [-0.15, -0.1) is 0 Å². The minimum absolute atomic E-state index is 0.284. The third kappa shape index (κ3) is 7.49. The molecule has 0 heterocycles. The van der Waals surface area contributed by atoms with Gasteiger partial charge in [0, 0.05) is 5.56 Å². The Morgan fingerprint density at radius 3 is 1.67 bits per heavy atom. The minimum atomic E-state index is -0.284. The van der Waals surface area contributed by atoms with Crippen LogP contribution in [-0.2, 0) is 9.47 Å². The van der Waals surface area contributed by atoms with E-state index in [4.69, 9.17) is 14.2 Å². The second-order valence-electron chi connectivity index (χ2n) is 6.21. The normalized spacial score (nSPS) is 11.6. The van der Waals surface area contributed by atoms with Gasteiger partial charge in [0.1, 0.15) is 5.75 Å². The van der Waals surface area contributed by atoms with E-state index in [1.165, 1.54) is 0 Å². The number of hydrogen-bond acceptors (Lipinski definition) is 3. The van der Waals surface area contributed by atoms with Crippen LogP contribution in [0.25, 0.3) is 0 Å². The molecule has 0 amide bonds. The minimum Gasteiger partial charge on any atom is -0.497 e. The van der Waals surface area contributed by atoms with Crippen molar-refractivity contribution in [1.29, 1.82) is 0 Å². The number of methoxy groups -OCH3 is 1. The summed E-state index contributed by atoms with van der Waals surface area (Å²) in [6.45, 7) is 10.2. The lowest BCUT2D eigenvalue weighted by molar-refractivity contribution is -0.150. The van der Waals surface area contributed by atoms with Crippen LogP contribution in [0.15, 0.2) is 24.3 Å². The zero-order valence-electron chi connectivity index (χ0n) is 14.1. The van der Waals surface area contributed by atoms with Gasteiger partial charge in [0.2, 0.25) is 0 Å². The first kappa shape index (κ1) is 18.0. The molecule has 0 N–H and O–H groups in total. The molecular weight excluding hydrogens is 264 g/mol. The van der Waals surface area contributed by atoms with Crippen LogP contribution in [0, 0.1) is 11.8 Å². The topological polar surface area (TPSA) is 27.7 Å². The first-order chi connectivity index (χ1) is 10.0. The zero-order valence-corrected chi connectivity index (χ0v) is 14.1. The van der Waals surface area contributed by atoms with Crippen molar-refractivity contribution in [2.45, 2.75) is 46.8 Å². The monoisotopic (exact) mass is 294 g/mol. The summed E-state index contributed by atoms with van der Waals surface area (Å²) in [5.41, 5.74) is 1.04. The molecule has 1 rings (SSSR count). The molecule has 0 aromatic heterocycles. The molecule has 0 aliphatic carbocycles. The van der Waals surface area contributed by atoms with Gasteiger partial charge in [-0.05, 0) is 36.8 Å². The van der Waals surface area contributed by atoms with Crippen molar-refractivity contribution >= 4 is 0 Å². The molecule has 3 heteroatoms. The summed E-state index contributed by atoms with van der Waals surface area (Å²) >= 11 is 0. The molecule has 0 atom stereocenters.